The van der Waals surface area contributed by atoms with Gasteiger partial charge in [0.25, 0.3) is 0 Å². The van der Waals surface area contributed by atoms with Gasteiger partial charge >= 0.3 is 6.03 Å². The van der Waals surface area contributed by atoms with Crippen LogP contribution in [0.5, 0.6) is 0 Å². The van der Waals surface area contributed by atoms with Crippen LogP contribution in [0.4, 0.5) is 4.79 Å². The molecule has 1 heterocycles. The molecule has 3 nitrogen and oxygen atoms in total. The molecule has 2 N–H and O–H groups in total. The van der Waals surface area contributed by atoms with Crippen molar-refractivity contribution in [3.63, 3.8) is 0 Å². The molecular formula is C11H14N2O. The zero-order valence-corrected chi connectivity index (χ0v) is 8.42. The Morgan fingerprint density at radius 1 is 1.29 bits per heavy atom. The van der Waals surface area contributed by atoms with Crippen molar-refractivity contribution < 1.29 is 4.79 Å². The Hall–Kier alpha value is -1.51. The first kappa shape index (κ1) is 9.06. The summed E-state index contributed by atoms with van der Waals surface area (Å²) in [4.78, 5) is 11.0. The molecule has 1 fully saturated rings. The molecule has 1 aromatic carbocycles. The molecule has 0 saturated carbocycles. The van der Waals surface area contributed by atoms with Gasteiger partial charge in [-0.1, -0.05) is 18.2 Å². The van der Waals surface area contributed by atoms with Crippen molar-refractivity contribution in [1.82, 2.24) is 10.6 Å². The Morgan fingerprint density at radius 2 is 2.07 bits per heavy atom. The van der Waals surface area contributed by atoms with Crippen LogP contribution in [0.25, 0.3) is 0 Å². The zero-order chi connectivity index (χ0) is 10.1. The predicted octanol–water partition coefficient (Wildman–Crippen LogP) is 1.66. The number of amides is 2. The van der Waals surface area contributed by atoms with Crippen molar-refractivity contribution >= 4 is 6.03 Å². The molecule has 1 atom stereocenters. The van der Waals surface area contributed by atoms with Crippen LogP contribution >= 0.6 is 0 Å². The summed E-state index contributed by atoms with van der Waals surface area (Å²) < 4.78 is 0. The van der Waals surface area contributed by atoms with E-state index in [2.05, 4.69) is 42.7 Å². The second-order valence-electron chi connectivity index (χ2n) is 3.75. The second kappa shape index (κ2) is 3.33. The minimum Gasteiger partial charge on any atom is -0.336 e. The van der Waals surface area contributed by atoms with Gasteiger partial charge in [-0.05, 0) is 30.5 Å². The average Bonchev–Trinajstić information content (AvgIpc) is 2.57. The topological polar surface area (TPSA) is 41.1 Å². The third-order valence-electron chi connectivity index (χ3n) is 2.71. The third-order valence-corrected chi connectivity index (χ3v) is 2.71. The first-order chi connectivity index (χ1) is 6.66. The average molecular weight is 190 g/mol. The van der Waals surface area contributed by atoms with Crippen LogP contribution in [0, 0.1) is 13.8 Å². The van der Waals surface area contributed by atoms with E-state index < -0.39 is 0 Å². The normalized spacial score (nSPS) is 20.4. The Kier molecular flexibility index (Phi) is 2.15. The highest BCUT2D eigenvalue weighted by molar-refractivity contribution is 5.76. The SMILES string of the molecule is Cc1ccc(C2CNC(=O)N2)cc1C. The fraction of sp³-hybridized carbons (Fsp3) is 0.364. The molecule has 2 amide bonds. The van der Waals surface area contributed by atoms with Gasteiger partial charge in [-0.25, -0.2) is 4.79 Å². The van der Waals surface area contributed by atoms with Crippen molar-refractivity contribution in [3.05, 3.63) is 34.9 Å². The van der Waals surface area contributed by atoms with E-state index in [0.29, 0.717) is 6.54 Å². The third kappa shape index (κ3) is 1.58. The van der Waals surface area contributed by atoms with E-state index in [-0.39, 0.29) is 12.1 Å². The van der Waals surface area contributed by atoms with Crippen molar-refractivity contribution in [1.29, 1.82) is 0 Å². The molecule has 1 unspecified atom stereocenters. The lowest BCUT2D eigenvalue weighted by Gasteiger charge is -2.10. The Balaban J connectivity index is 2.24. The van der Waals surface area contributed by atoms with Crippen LogP contribution in [-0.4, -0.2) is 12.6 Å². The summed E-state index contributed by atoms with van der Waals surface area (Å²) in [6, 6.07) is 6.35. The van der Waals surface area contributed by atoms with E-state index in [1.165, 1.54) is 16.7 Å². The first-order valence-corrected chi connectivity index (χ1v) is 4.78. The van der Waals surface area contributed by atoms with Gasteiger partial charge in [0.1, 0.15) is 0 Å². The number of rotatable bonds is 1. The molecule has 1 aliphatic rings. The van der Waals surface area contributed by atoms with Crippen LogP contribution in [0.2, 0.25) is 0 Å². The molecule has 1 aliphatic heterocycles. The maximum atomic E-state index is 11.0. The van der Waals surface area contributed by atoms with Gasteiger partial charge in [0.05, 0.1) is 6.04 Å². The van der Waals surface area contributed by atoms with Gasteiger partial charge in [-0.2, -0.15) is 0 Å². The first-order valence-electron chi connectivity index (χ1n) is 4.78. The number of nitrogens with one attached hydrogen (secondary N) is 2. The fourth-order valence-corrected chi connectivity index (χ4v) is 1.64. The maximum Gasteiger partial charge on any atom is 0.315 e. The monoisotopic (exact) mass is 190 g/mol. The Labute approximate surface area is 83.5 Å². The maximum absolute atomic E-state index is 11.0. The zero-order valence-electron chi connectivity index (χ0n) is 8.42. The van der Waals surface area contributed by atoms with Gasteiger partial charge in [-0.3, -0.25) is 0 Å². The molecule has 3 heteroatoms. The molecule has 0 bridgehead atoms. The number of carbonyl (C=O) groups is 1. The Bertz CT molecular complexity index is 374. The summed E-state index contributed by atoms with van der Waals surface area (Å²) in [5.41, 5.74) is 3.72. The highest BCUT2D eigenvalue weighted by Gasteiger charge is 2.21. The summed E-state index contributed by atoms with van der Waals surface area (Å²) in [7, 11) is 0. The lowest BCUT2D eigenvalue weighted by molar-refractivity contribution is 0.247. The molecule has 1 saturated heterocycles. The van der Waals surface area contributed by atoms with E-state index in [9.17, 15) is 4.79 Å². The van der Waals surface area contributed by atoms with Gasteiger partial charge in [0.2, 0.25) is 0 Å². The van der Waals surface area contributed by atoms with Crippen molar-refractivity contribution in [2.24, 2.45) is 0 Å². The molecular weight excluding hydrogens is 176 g/mol. The second-order valence-corrected chi connectivity index (χ2v) is 3.75. The van der Waals surface area contributed by atoms with Crippen LogP contribution in [0.3, 0.4) is 0 Å². The summed E-state index contributed by atoms with van der Waals surface area (Å²) in [5, 5.41) is 5.62. The molecule has 0 radical (unpaired) electrons. The van der Waals surface area contributed by atoms with Gasteiger partial charge < -0.3 is 10.6 Å². The van der Waals surface area contributed by atoms with Crippen molar-refractivity contribution in [3.8, 4) is 0 Å². The molecule has 14 heavy (non-hydrogen) atoms. The highest BCUT2D eigenvalue weighted by Crippen LogP contribution is 2.18. The predicted molar refractivity (Wildman–Crippen MR) is 55.2 cm³/mol. The number of carbonyl (C=O) groups excluding carboxylic acids is 1. The van der Waals surface area contributed by atoms with Gasteiger partial charge in [0.15, 0.2) is 0 Å². The number of hydrogen-bond acceptors (Lipinski definition) is 1. The van der Waals surface area contributed by atoms with E-state index in [0.717, 1.165) is 0 Å². The highest BCUT2D eigenvalue weighted by atomic mass is 16.2. The summed E-state index contributed by atoms with van der Waals surface area (Å²) in [5.74, 6) is 0. The van der Waals surface area contributed by atoms with Gasteiger partial charge in [-0.15, -0.1) is 0 Å². The molecule has 2 rings (SSSR count). The smallest absolute Gasteiger partial charge is 0.315 e. The largest absolute Gasteiger partial charge is 0.336 e. The molecule has 74 valence electrons. The van der Waals surface area contributed by atoms with E-state index >= 15 is 0 Å². The molecule has 0 spiro atoms. The minimum atomic E-state index is -0.0757. The number of benzene rings is 1. The van der Waals surface area contributed by atoms with E-state index in [1.807, 2.05) is 0 Å². The molecule has 0 aromatic heterocycles. The Morgan fingerprint density at radius 3 is 2.64 bits per heavy atom. The summed E-state index contributed by atoms with van der Waals surface area (Å²) in [6.45, 7) is 4.86. The minimum absolute atomic E-state index is 0.0757. The molecule has 1 aromatic rings. The lowest BCUT2D eigenvalue weighted by atomic mass is 10.0. The fourth-order valence-electron chi connectivity index (χ4n) is 1.64. The van der Waals surface area contributed by atoms with Crippen LogP contribution in [-0.2, 0) is 0 Å². The lowest BCUT2D eigenvalue weighted by Crippen LogP contribution is -2.21. The van der Waals surface area contributed by atoms with Crippen molar-refractivity contribution in [2.75, 3.05) is 6.54 Å². The summed E-state index contributed by atoms with van der Waals surface area (Å²) >= 11 is 0. The quantitative estimate of drug-likeness (QED) is 0.694. The molecule has 0 aliphatic carbocycles. The van der Waals surface area contributed by atoms with Gasteiger partial charge in [0, 0.05) is 6.54 Å². The standard InChI is InChI=1S/C11H14N2O/c1-7-3-4-9(5-8(7)2)10-6-12-11(14)13-10/h3-5,10H,6H2,1-2H3,(H2,12,13,14). The van der Waals surface area contributed by atoms with Crippen LogP contribution in [0.15, 0.2) is 18.2 Å². The van der Waals surface area contributed by atoms with Crippen LogP contribution in [0.1, 0.15) is 22.7 Å². The summed E-state index contributed by atoms with van der Waals surface area (Å²) in [6.07, 6.45) is 0. The number of urea groups is 1. The number of hydrogen-bond donors (Lipinski definition) is 2. The van der Waals surface area contributed by atoms with E-state index in [1.54, 1.807) is 0 Å². The van der Waals surface area contributed by atoms with Crippen LogP contribution < -0.4 is 10.6 Å². The number of aryl methyl sites for hydroxylation is 2. The van der Waals surface area contributed by atoms with Crippen molar-refractivity contribution in [2.45, 2.75) is 19.9 Å². The van der Waals surface area contributed by atoms with E-state index in [4.69, 9.17) is 0 Å².